The van der Waals surface area contributed by atoms with Gasteiger partial charge in [-0.2, -0.15) is 5.10 Å². The fourth-order valence-electron chi connectivity index (χ4n) is 1.38. The number of aromatic nitrogens is 2. The van der Waals surface area contributed by atoms with Gasteiger partial charge in [0, 0.05) is 38.4 Å². The van der Waals surface area contributed by atoms with Gasteiger partial charge in [-0.3, -0.25) is 9.67 Å². The molecule has 0 aliphatic heterocycles. The molecule has 0 spiro atoms. The van der Waals surface area contributed by atoms with Crippen LogP contribution in [0, 0.1) is 0 Å². The first-order chi connectivity index (χ1) is 7.74. The lowest BCUT2D eigenvalue weighted by atomic mass is 10.3. The van der Waals surface area contributed by atoms with Crippen molar-refractivity contribution in [1.82, 2.24) is 15.1 Å². The van der Waals surface area contributed by atoms with Gasteiger partial charge in [0.1, 0.15) is 0 Å². The Hall–Kier alpha value is -1.52. The zero-order chi connectivity index (χ0) is 11.8. The predicted octanol–water partition coefficient (Wildman–Crippen LogP) is 0.667. The molecular formula is C11H21N5. The van der Waals surface area contributed by atoms with Crippen LogP contribution in [0.4, 0.5) is 0 Å². The molecule has 90 valence electrons. The van der Waals surface area contributed by atoms with E-state index in [1.807, 2.05) is 17.8 Å². The molecule has 5 nitrogen and oxygen atoms in total. The first-order valence-corrected chi connectivity index (χ1v) is 5.74. The quantitative estimate of drug-likeness (QED) is 0.423. The third kappa shape index (κ3) is 4.33. The van der Waals surface area contributed by atoms with Crippen molar-refractivity contribution >= 4 is 5.96 Å². The molecule has 1 aromatic rings. The van der Waals surface area contributed by atoms with Crippen LogP contribution < -0.4 is 11.1 Å². The second kappa shape index (κ2) is 6.87. The van der Waals surface area contributed by atoms with Crippen molar-refractivity contribution < 1.29 is 0 Å². The van der Waals surface area contributed by atoms with Gasteiger partial charge in [0.15, 0.2) is 5.96 Å². The number of nitrogens with two attached hydrogens (primary N) is 1. The molecule has 0 atom stereocenters. The van der Waals surface area contributed by atoms with Crippen molar-refractivity contribution in [3.63, 3.8) is 0 Å². The molecule has 1 aromatic heterocycles. The Balaban J connectivity index is 2.20. The molecule has 0 amide bonds. The van der Waals surface area contributed by atoms with E-state index in [9.17, 15) is 0 Å². The van der Waals surface area contributed by atoms with Crippen molar-refractivity contribution in [2.24, 2.45) is 17.8 Å². The number of nitrogens with one attached hydrogen (secondary N) is 1. The SMILES string of the molecule is CCCCN=C(N)NCCc1ccnn1C. The molecule has 0 unspecified atom stereocenters. The number of guanidine groups is 1. The van der Waals surface area contributed by atoms with Crippen molar-refractivity contribution in [3.05, 3.63) is 18.0 Å². The normalized spacial score (nSPS) is 11.8. The monoisotopic (exact) mass is 223 g/mol. The summed E-state index contributed by atoms with van der Waals surface area (Å²) in [5, 5.41) is 7.20. The molecule has 5 heteroatoms. The van der Waals surface area contributed by atoms with E-state index in [1.54, 1.807) is 6.20 Å². The average Bonchev–Trinajstić information content (AvgIpc) is 2.65. The van der Waals surface area contributed by atoms with E-state index in [-0.39, 0.29) is 0 Å². The van der Waals surface area contributed by atoms with Gasteiger partial charge in [-0.15, -0.1) is 0 Å². The second-order valence-corrected chi connectivity index (χ2v) is 3.74. The summed E-state index contributed by atoms with van der Waals surface area (Å²) >= 11 is 0. The molecule has 0 aliphatic rings. The molecule has 0 radical (unpaired) electrons. The summed E-state index contributed by atoms with van der Waals surface area (Å²) in [7, 11) is 1.94. The maximum absolute atomic E-state index is 5.71. The maximum atomic E-state index is 5.71. The first kappa shape index (κ1) is 12.5. The molecule has 1 heterocycles. The number of unbranched alkanes of at least 4 members (excludes halogenated alkanes) is 1. The Morgan fingerprint density at radius 3 is 3.06 bits per heavy atom. The van der Waals surface area contributed by atoms with E-state index in [2.05, 4.69) is 22.3 Å². The largest absolute Gasteiger partial charge is 0.370 e. The third-order valence-corrected chi connectivity index (χ3v) is 2.40. The summed E-state index contributed by atoms with van der Waals surface area (Å²) in [4.78, 5) is 4.22. The lowest BCUT2D eigenvalue weighted by Gasteiger charge is -2.05. The van der Waals surface area contributed by atoms with Crippen LogP contribution in [0.3, 0.4) is 0 Å². The maximum Gasteiger partial charge on any atom is 0.188 e. The van der Waals surface area contributed by atoms with E-state index >= 15 is 0 Å². The van der Waals surface area contributed by atoms with Crippen molar-refractivity contribution in [2.75, 3.05) is 13.1 Å². The van der Waals surface area contributed by atoms with Gasteiger partial charge >= 0.3 is 0 Å². The number of rotatable bonds is 6. The highest BCUT2D eigenvalue weighted by Crippen LogP contribution is 1.95. The van der Waals surface area contributed by atoms with Crippen LogP contribution in [0.5, 0.6) is 0 Å². The zero-order valence-electron chi connectivity index (χ0n) is 10.1. The Kier molecular flexibility index (Phi) is 5.39. The van der Waals surface area contributed by atoms with Crippen LogP contribution in [0.25, 0.3) is 0 Å². The molecular weight excluding hydrogens is 202 g/mol. The van der Waals surface area contributed by atoms with Gasteiger partial charge in [0.25, 0.3) is 0 Å². The highest BCUT2D eigenvalue weighted by molar-refractivity contribution is 5.77. The standard InChI is InChI=1S/C11H21N5/c1-3-4-7-13-11(12)14-8-5-10-6-9-15-16(10)2/h6,9H,3-5,7-8H2,1-2H3,(H3,12,13,14). The Morgan fingerprint density at radius 2 is 2.44 bits per heavy atom. The molecule has 0 bridgehead atoms. The smallest absolute Gasteiger partial charge is 0.188 e. The number of nitrogens with zero attached hydrogens (tertiary/aromatic N) is 3. The van der Waals surface area contributed by atoms with E-state index in [0.29, 0.717) is 5.96 Å². The van der Waals surface area contributed by atoms with Crippen LogP contribution in [0.15, 0.2) is 17.3 Å². The Bertz CT molecular complexity index is 329. The lowest BCUT2D eigenvalue weighted by molar-refractivity contribution is 0.693. The highest BCUT2D eigenvalue weighted by Gasteiger charge is 1.98. The minimum atomic E-state index is 0.538. The van der Waals surface area contributed by atoms with Crippen molar-refractivity contribution in [1.29, 1.82) is 0 Å². The average molecular weight is 223 g/mol. The van der Waals surface area contributed by atoms with Gasteiger partial charge in [-0.05, 0) is 12.5 Å². The van der Waals surface area contributed by atoms with E-state index in [0.717, 1.165) is 32.4 Å². The Labute approximate surface area is 96.7 Å². The van der Waals surface area contributed by atoms with Crippen molar-refractivity contribution in [2.45, 2.75) is 26.2 Å². The molecule has 0 aromatic carbocycles. The molecule has 0 saturated heterocycles. The predicted molar refractivity (Wildman–Crippen MR) is 66.3 cm³/mol. The van der Waals surface area contributed by atoms with E-state index in [4.69, 9.17) is 5.73 Å². The van der Waals surface area contributed by atoms with E-state index in [1.165, 1.54) is 5.69 Å². The molecule has 1 rings (SSSR count). The fraction of sp³-hybridized carbons (Fsp3) is 0.636. The molecule has 0 aliphatic carbocycles. The summed E-state index contributed by atoms with van der Waals surface area (Å²) in [5.41, 5.74) is 6.90. The Morgan fingerprint density at radius 1 is 1.62 bits per heavy atom. The number of aryl methyl sites for hydroxylation is 1. The topological polar surface area (TPSA) is 68.2 Å². The van der Waals surface area contributed by atoms with Gasteiger partial charge in [0.05, 0.1) is 0 Å². The van der Waals surface area contributed by atoms with Crippen LogP contribution in [-0.4, -0.2) is 28.8 Å². The summed E-state index contributed by atoms with van der Waals surface area (Å²) in [6, 6.07) is 2.01. The molecule has 3 N–H and O–H groups in total. The summed E-state index contributed by atoms with van der Waals surface area (Å²) in [6.45, 7) is 3.74. The lowest BCUT2D eigenvalue weighted by Crippen LogP contribution is -2.33. The van der Waals surface area contributed by atoms with Gasteiger partial charge in [-0.25, -0.2) is 0 Å². The molecule has 0 fully saturated rings. The summed E-state index contributed by atoms with van der Waals surface area (Å²) < 4.78 is 1.87. The van der Waals surface area contributed by atoms with Gasteiger partial charge in [0.2, 0.25) is 0 Å². The number of hydrogen-bond acceptors (Lipinski definition) is 2. The van der Waals surface area contributed by atoms with Crippen molar-refractivity contribution in [3.8, 4) is 0 Å². The molecule has 0 saturated carbocycles. The van der Waals surface area contributed by atoms with Crippen LogP contribution in [0.2, 0.25) is 0 Å². The third-order valence-electron chi connectivity index (χ3n) is 2.40. The number of hydrogen-bond donors (Lipinski definition) is 2. The van der Waals surface area contributed by atoms with Crippen LogP contribution in [-0.2, 0) is 13.5 Å². The fourth-order valence-corrected chi connectivity index (χ4v) is 1.38. The second-order valence-electron chi connectivity index (χ2n) is 3.74. The minimum absolute atomic E-state index is 0.538. The molecule has 16 heavy (non-hydrogen) atoms. The van der Waals surface area contributed by atoms with Gasteiger partial charge in [-0.1, -0.05) is 13.3 Å². The van der Waals surface area contributed by atoms with E-state index < -0.39 is 0 Å². The number of aliphatic imine (C=N–C) groups is 1. The van der Waals surface area contributed by atoms with Crippen LogP contribution >= 0.6 is 0 Å². The van der Waals surface area contributed by atoms with Crippen LogP contribution in [0.1, 0.15) is 25.5 Å². The minimum Gasteiger partial charge on any atom is -0.370 e. The summed E-state index contributed by atoms with van der Waals surface area (Å²) in [5.74, 6) is 0.538. The zero-order valence-corrected chi connectivity index (χ0v) is 10.1. The first-order valence-electron chi connectivity index (χ1n) is 5.74. The van der Waals surface area contributed by atoms with Gasteiger partial charge < -0.3 is 11.1 Å². The summed E-state index contributed by atoms with van der Waals surface area (Å²) in [6.07, 6.45) is 4.93. The highest BCUT2D eigenvalue weighted by atomic mass is 15.3.